The minimum atomic E-state index is -0.231. The van der Waals surface area contributed by atoms with Gasteiger partial charge in [0.2, 0.25) is 0 Å². The first-order valence-electron chi connectivity index (χ1n) is 6.26. The number of anilines is 1. The summed E-state index contributed by atoms with van der Waals surface area (Å²) in [5, 5.41) is 2.90. The number of nitrogens with zero attached hydrogens (tertiary/aromatic N) is 1. The zero-order valence-electron chi connectivity index (χ0n) is 11.5. The molecule has 0 aliphatic heterocycles. The molecule has 1 atom stereocenters. The Hall–Kier alpha value is -2.56. The maximum absolute atomic E-state index is 12.3. The zero-order valence-corrected chi connectivity index (χ0v) is 11.5. The summed E-state index contributed by atoms with van der Waals surface area (Å²) in [4.78, 5) is 16.3. The third-order valence-electron chi connectivity index (χ3n) is 3.00. The van der Waals surface area contributed by atoms with Crippen molar-refractivity contribution in [1.82, 2.24) is 10.3 Å². The summed E-state index contributed by atoms with van der Waals surface area (Å²) >= 11 is 0. The van der Waals surface area contributed by atoms with E-state index in [1.807, 2.05) is 19.1 Å². The average Bonchev–Trinajstić information content (AvgIpc) is 2.48. The van der Waals surface area contributed by atoms with Gasteiger partial charge in [-0.3, -0.25) is 9.78 Å². The van der Waals surface area contributed by atoms with Gasteiger partial charge < -0.3 is 15.8 Å². The Balaban J connectivity index is 2.18. The summed E-state index contributed by atoms with van der Waals surface area (Å²) < 4.78 is 5.18. The van der Waals surface area contributed by atoms with Crippen LogP contribution in [0.15, 0.2) is 42.7 Å². The molecule has 0 fully saturated rings. The first-order chi connectivity index (χ1) is 9.61. The monoisotopic (exact) mass is 271 g/mol. The van der Waals surface area contributed by atoms with Gasteiger partial charge in [0.15, 0.2) is 0 Å². The lowest BCUT2D eigenvalue weighted by Crippen LogP contribution is -2.27. The van der Waals surface area contributed by atoms with Gasteiger partial charge >= 0.3 is 0 Å². The third kappa shape index (κ3) is 3.06. The first kappa shape index (κ1) is 13.9. The van der Waals surface area contributed by atoms with E-state index in [9.17, 15) is 4.79 Å². The van der Waals surface area contributed by atoms with Gasteiger partial charge in [-0.2, -0.15) is 0 Å². The number of carbonyl (C=O) groups is 1. The summed E-state index contributed by atoms with van der Waals surface area (Å²) in [5.41, 5.74) is 7.59. The second-order valence-corrected chi connectivity index (χ2v) is 4.44. The van der Waals surface area contributed by atoms with Crippen LogP contribution in [0.25, 0.3) is 0 Å². The van der Waals surface area contributed by atoms with Crippen LogP contribution in [-0.2, 0) is 0 Å². The minimum Gasteiger partial charge on any atom is -0.496 e. The number of hydrogen-bond donors (Lipinski definition) is 2. The van der Waals surface area contributed by atoms with Crippen LogP contribution in [0.2, 0.25) is 0 Å². The number of nitrogens with one attached hydrogen (secondary N) is 1. The maximum atomic E-state index is 12.3. The lowest BCUT2D eigenvalue weighted by molar-refractivity contribution is 0.0937. The number of benzene rings is 1. The third-order valence-corrected chi connectivity index (χ3v) is 3.00. The largest absolute Gasteiger partial charge is 0.496 e. The van der Waals surface area contributed by atoms with Crippen molar-refractivity contribution in [2.45, 2.75) is 13.0 Å². The van der Waals surface area contributed by atoms with Crippen LogP contribution in [0.4, 0.5) is 5.69 Å². The molecule has 1 amide bonds. The second-order valence-electron chi connectivity index (χ2n) is 4.44. The van der Waals surface area contributed by atoms with Gasteiger partial charge in [-0.05, 0) is 36.8 Å². The number of hydrogen-bond acceptors (Lipinski definition) is 4. The van der Waals surface area contributed by atoms with Crippen molar-refractivity contribution in [3.63, 3.8) is 0 Å². The van der Waals surface area contributed by atoms with Gasteiger partial charge in [-0.15, -0.1) is 0 Å². The van der Waals surface area contributed by atoms with Crippen LogP contribution >= 0.6 is 0 Å². The molecule has 0 bridgehead atoms. The first-order valence-corrected chi connectivity index (χ1v) is 6.26. The van der Waals surface area contributed by atoms with Crippen molar-refractivity contribution in [3.05, 3.63) is 53.9 Å². The molecule has 5 nitrogen and oxygen atoms in total. The number of nitrogens with two attached hydrogens (primary N) is 1. The van der Waals surface area contributed by atoms with Gasteiger partial charge in [0.1, 0.15) is 5.75 Å². The molecule has 3 N–H and O–H groups in total. The van der Waals surface area contributed by atoms with E-state index < -0.39 is 0 Å². The van der Waals surface area contributed by atoms with Crippen molar-refractivity contribution in [3.8, 4) is 5.75 Å². The highest BCUT2D eigenvalue weighted by Gasteiger charge is 2.15. The van der Waals surface area contributed by atoms with Crippen LogP contribution in [0.1, 0.15) is 28.9 Å². The fourth-order valence-corrected chi connectivity index (χ4v) is 1.89. The van der Waals surface area contributed by atoms with E-state index in [1.165, 1.54) is 7.11 Å². The van der Waals surface area contributed by atoms with Gasteiger partial charge in [0.05, 0.1) is 18.7 Å². The van der Waals surface area contributed by atoms with Gasteiger partial charge in [-0.25, -0.2) is 0 Å². The fourth-order valence-electron chi connectivity index (χ4n) is 1.89. The fraction of sp³-hybridized carbons (Fsp3) is 0.200. The Kier molecular flexibility index (Phi) is 4.20. The molecule has 0 spiro atoms. The molecule has 1 heterocycles. The van der Waals surface area contributed by atoms with Crippen LogP contribution in [0.3, 0.4) is 0 Å². The number of aromatic nitrogens is 1. The average molecular weight is 271 g/mol. The van der Waals surface area contributed by atoms with Crippen molar-refractivity contribution >= 4 is 11.6 Å². The number of carbonyl (C=O) groups excluding carboxylic acids is 1. The summed E-state index contributed by atoms with van der Waals surface area (Å²) in [7, 11) is 1.52. The van der Waals surface area contributed by atoms with Gasteiger partial charge in [-0.1, -0.05) is 6.07 Å². The molecule has 1 aromatic carbocycles. The lowest BCUT2D eigenvalue weighted by Gasteiger charge is -2.15. The van der Waals surface area contributed by atoms with Crippen molar-refractivity contribution in [1.29, 1.82) is 0 Å². The highest BCUT2D eigenvalue weighted by molar-refractivity contribution is 5.98. The van der Waals surface area contributed by atoms with E-state index in [-0.39, 0.29) is 11.9 Å². The second kappa shape index (κ2) is 6.06. The molecule has 20 heavy (non-hydrogen) atoms. The summed E-state index contributed by atoms with van der Waals surface area (Å²) in [6.07, 6.45) is 3.42. The van der Waals surface area contributed by atoms with Crippen LogP contribution < -0.4 is 15.8 Å². The molecule has 0 aliphatic rings. The molecular formula is C15H17N3O2. The predicted octanol–water partition coefficient (Wildman–Crippen LogP) is 2.16. The number of nitrogen functional groups attached to an aromatic ring is 1. The topological polar surface area (TPSA) is 77.2 Å². The number of methoxy groups -OCH3 is 1. The lowest BCUT2D eigenvalue weighted by atomic mass is 10.1. The molecule has 1 unspecified atom stereocenters. The van der Waals surface area contributed by atoms with Crippen LogP contribution in [0.5, 0.6) is 5.75 Å². The van der Waals surface area contributed by atoms with Gasteiger partial charge in [0, 0.05) is 18.1 Å². The van der Waals surface area contributed by atoms with Crippen molar-refractivity contribution < 1.29 is 9.53 Å². The Morgan fingerprint density at radius 1 is 1.40 bits per heavy atom. The number of rotatable bonds is 4. The summed E-state index contributed by atoms with van der Waals surface area (Å²) in [5.74, 6) is 0.264. The smallest absolute Gasteiger partial charge is 0.255 e. The van der Waals surface area contributed by atoms with E-state index in [2.05, 4.69) is 10.3 Å². The summed E-state index contributed by atoms with van der Waals surface area (Å²) in [6.45, 7) is 1.90. The molecule has 104 valence electrons. The standard InChI is InChI=1S/C15H17N3O2/c1-10(11-4-3-7-17-9-11)18-15(19)13-8-12(16)5-6-14(13)20-2/h3-10H,16H2,1-2H3,(H,18,19). The molecule has 0 radical (unpaired) electrons. The molecule has 0 saturated carbocycles. The molecule has 2 rings (SSSR count). The highest BCUT2D eigenvalue weighted by atomic mass is 16.5. The van der Waals surface area contributed by atoms with E-state index >= 15 is 0 Å². The Bertz CT molecular complexity index is 599. The Morgan fingerprint density at radius 2 is 2.20 bits per heavy atom. The van der Waals surface area contributed by atoms with E-state index in [1.54, 1.807) is 30.6 Å². The number of ether oxygens (including phenoxy) is 1. The zero-order chi connectivity index (χ0) is 14.5. The van der Waals surface area contributed by atoms with E-state index in [4.69, 9.17) is 10.5 Å². The molecule has 1 aromatic heterocycles. The van der Waals surface area contributed by atoms with Crippen molar-refractivity contribution in [2.75, 3.05) is 12.8 Å². The van der Waals surface area contributed by atoms with E-state index in [0.29, 0.717) is 17.0 Å². The minimum absolute atomic E-state index is 0.151. The maximum Gasteiger partial charge on any atom is 0.255 e. The number of pyridine rings is 1. The van der Waals surface area contributed by atoms with Gasteiger partial charge in [0.25, 0.3) is 5.91 Å². The van der Waals surface area contributed by atoms with Crippen LogP contribution in [0, 0.1) is 0 Å². The van der Waals surface area contributed by atoms with Crippen LogP contribution in [-0.4, -0.2) is 18.0 Å². The molecule has 5 heteroatoms. The quantitative estimate of drug-likeness (QED) is 0.835. The normalized spacial score (nSPS) is 11.7. The SMILES string of the molecule is COc1ccc(N)cc1C(=O)NC(C)c1cccnc1. The highest BCUT2D eigenvalue weighted by Crippen LogP contribution is 2.22. The molecule has 0 aliphatic carbocycles. The van der Waals surface area contributed by atoms with E-state index in [0.717, 1.165) is 5.56 Å². The van der Waals surface area contributed by atoms with Crippen molar-refractivity contribution in [2.24, 2.45) is 0 Å². The predicted molar refractivity (Wildman–Crippen MR) is 77.5 cm³/mol. The summed E-state index contributed by atoms with van der Waals surface area (Å²) in [6, 6.07) is 8.57. The Labute approximate surface area is 117 Å². The molecular weight excluding hydrogens is 254 g/mol. The molecule has 0 saturated heterocycles. The molecule has 2 aromatic rings. The Morgan fingerprint density at radius 3 is 2.85 bits per heavy atom. The number of amides is 1.